The van der Waals surface area contributed by atoms with E-state index in [9.17, 15) is 4.79 Å². The van der Waals surface area contributed by atoms with Gasteiger partial charge in [0.1, 0.15) is 18.0 Å². The molecule has 0 spiro atoms. The summed E-state index contributed by atoms with van der Waals surface area (Å²) < 4.78 is 19.4. The summed E-state index contributed by atoms with van der Waals surface area (Å²) in [5.41, 5.74) is 4.43. The Morgan fingerprint density at radius 2 is 1.68 bits per heavy atom. The molecule has 292 valence electrons. The van der Waals surface area contributed by atoms with E-state index < -0.39 is 13.9 Å². The van der Waals surface area contributed by atoms with E-state index in [4.69, 9.17) is 23.9 Å². The maximum Gasteiger partial charge on any atom is 0.410 e. The Labute approximate surface area is 320 Å². The number of nitrogens with zero attached hydrogens (tertiary/aromatic N) is 6. The lowest BCUT2D eigenvalue weighted by Crippen LogP contribution is -2.57. The summed E-state index contributed by atoms with van der Waals surface area (Å²) in [5.74, 6) is 1.43. The van der Waals surface area contributed by atoms with Gasteiger partial charge in [0.2, 0.25) is 0 Å². The van der Waals surface area contributed by atoms with Gasteiger partial charge in [-0.3, -0.25) is 9.80 Å². The number of anilines is 2. The number of rotatable bonds is 9. The van der Waals surface area contributed by atoms with Crippen molar-refractivity contribution < 1.29 is 18.7 Å². The average molecular weight is 747 g/mol. The Hall–Kier alpha value is -2.89. The lowest BCUT2D eigenvalue weighted by atomic mass is 9.95. The molecule has 0 aliphatic carbocycles. The van der Waals surface area contributed by atoms with Crippen LogP contribution in [0.2, 0.25) is 18.1 Å². The maximum atomic E-state index is 13.3. The summed E-state index contributed by atoms with van der Waals surface area (Å²) in [4.78, 5) is 33.5. The smallest absolute Gasteiger partial charge is 0.410 e. The predicted octanol–water partition coefficient (Wildman–Crippen LogP) is 8.15. The number of hydrogen-bond acceptors (Lipinski definition) is 9. The lowest BCUT2D eigenvalue weighted by molar-refractivity contribution is 0.0122. The monoisotopic (exact) mass is 746 g/mol. The minimum Gasteiger partial charge on any atom is -0.461 e. The molecule has 2 bridgehead atoms. The summed E-state index contributed by atoms with van der Waals surface area (Å²) in [7, 11) is -1.83. The van der Waals surface area contributed by atoms with Crippen molar-refractivity contribution >= 4 is 25.9 Å². The van der Waals surface area contributed by atoms with E-state index in [0.29, 0.717) is 24.6 Å². The van der Waals surface area contributed by atoms with Gasteiger partial charge in [0.15, 0.2) is 8.32 Å². The van der Waals surface area contributed by atoms with Crippen LogP contribution in [-0.4, -0.2) is 103 Å². The van der Waals surface area contributed by atoms with Crippen molar-refractivity contribution in [2.45, 2.75) is 160 Å². The van der Waals surface area contributed by atoms with Gasteiger partial charge in [-0.1, -0.05) is 52.8 Å². The zero-order valence-corrected chi connectivity index (χ0v) is 35.3. The molecule has 11 heteroatoms. The molecule has 0 saturated carbocycles. The largest absolute Gasteiger partial charge is 0.461 e. The highest BCUT2D eigenvalue weighted by Crippen LogP contribution is 2.45. The van der Waals surface area contributed by atoms with Crippen molar-refractivity contribution in [3.63, 3.8) is 0 Å². The van der Waals surface area contributed by atoms with Gasteiger partial charge in [-0.25, -0.2) is 4.79 Å². The number of ether oxygens (including phenoxy) is 2. The van der Waals surface area contributed by atoms with E-state index in [0.717, 1.165) is 89.4 Å². The van der Waals surface area contributed by atoms with Crippen LogP contribution in [0.5, 0.6) is 6.01 Å². The van der Waals surface area contributed by atoms with Crippen molar-refractivity contribution in [2.24, 2.45) is 0 Å². The van der Waals surface area contributed by atoms with E-state index in [2.05, 4.69) is 86.7 Å². The topological polar surface area (TPSA) is 83.5 Å². The molecule has 2 unspecified atom stereocenters. The van der Waals surface area contributed by atoms with Gasteiger partial charge in [0.25, 0.3) is 0 Å². The molecule has 2 aromatic rings. The quantitative estimate of drug-likeness (QED) is 0.236. The van der Waals surface area contributed by atoms with Gasteiger partial charge in [-0.05, 0) is 108 Å². The molecule has 1 aromatic carbocycles. The SMILES string of the molecule is CC(C)c1ccccc1N1CCc2c(nc(OCC34CCCN3C(CO[Si](C)(C)C(C)(C)C)CC4)nc2N2C[C@H]3CC[C@@H](C2)N3C(=O)OC(C)(C)C)C1. The van der Waals surface area contributed by atoms with Gasteiger partial charge >= 0.3 is 12.1 Å². The first-order valence-corrected chi connectivity index (χ1v) is 23.4. The summed E-state index contributed by atoms with van der Waals surface area (Å²) in [6, 6.07) is 9.94. The van der Waals surface area contributed by atoms with Crippen LogP contribution in [0.4, 0.5) is 16.3 Å². The zero-order valence-electron chi connectivity index (χ0n) is 34.3. The standard InChI is InChI=1S/C42H66N6O4Si/c1-29(2)33-14-11-12-15-36(33)45-23-19-34-35(26-45)43-38(44-37(34)46-24-30-16-17-31(25-46)48(30)39(49)52-40(3,4)5)50-28-42-20-13-22-47(42)32(18-21-42)27-51-53(9,10)41(6,7)8/h11-12,14-15,29-32H,13,16-28H2,1-10H3/t30-,31+,32?,42?. The van der Waals surface area contributed by atoms with Gasteiger partial charge < -0.3 is 23.7 Å². The second-order valence-corrected chi connectivity index (χ2v) is 24.2. The van der Waals surface area contributed by atoms with Crippen molar-refractivity contribution in [3.8, 4) is 6.01 Å². The summed E-state index contributed by atoms with van der Waals surface area (Å²) >= 11 is 0. The van der Waals surface area contributed by atoms with Crippen LogP contribution < -0.4 is 14.5 Å². The molecule has 53 heavy (non-hydrogen) atoms. The van der Waals surface area contributed by atoms with Crippen LogP contribution >= 0.6 is 0 Å². The number of amides is 1. The fraction of sp³-hybridized carbons (Fsp3) is 0.738. The molecule has 4 saturated heterocycles. The van der Waals surface area contributed by atoms with Crippen LogP contribution in [0, 0.1) is 0 Å². The Balaban J connectivity index is 1.14. The second kappa shape index (κ2) is 14.3. The van der Waals surface area contributed by atoms with E-state index in [1.165, 1.54) is 23.2 Å². The van der Waals surface area contributed by atoms with Crippen LogP contribution in [0.15, 0.2) is 24.3 Å². The number of carbonyl (C=O) groups excluding carboxylic acids is 1. The second-order valence-electron chi connectivity index (χ2n) is 19.4. The zero-order chi connectivity index (χ0) is 37.9. The molecule has 0 radical (unpaired) electrons. The molecule has 7 rings (SSSR count). The molecule has 1 amide bonds. The molecule has 5 aliphatic heterocycles. The van der Waals surface area contributed by atoms with E-state index in [-0.39, 0.29) is 28.8 Å². The number of hydrogen-bond donors (Lipinski definition) is 0. The van der Waals surface area contributed by atoms with Crippen molar-refractivity contribution in [1.29, 1.82) is 0 Å². The molecule has 4 fully saturated rings. The molecule has 0 N–H and O–H groups in total. The first-order valence-electron chi connectivity index (χ1n) is 20.5. The number of aromatic nitrogens is 2. The summed E-state index contributed by atoms with van der Waals surface area (Å²) in [6.07, 6.45) is 7.22. The first-order chi connectivity index (χ1) is 24.9. The Morgan fingerprint density at radius 1 is 0.962 bits per heavy atom. The molecule has 1 aromatic heterocycles. The van der Waals surface area contributed by atoms with E-state index in [1.807, 2.05) is 25.7 Å². The van der Waals surface area contributed by atoms with E-state index in [1.54, 1.807) is 0 Å². The minimum atomic E-state index is -1.83. The number of carbonyl (C=O) groups is 1. The number of para-hydroxylation sites is 1. The van der Waals surface area contributed by atoms with Crippen molar-refractivity contribution in [3.05, 3.63) is 41.1 Å². The van der Waals surface area contributed by atoms with Crippen molar-refractivity contribution in [2.75, 3.05) is 49.2 Å². The third kappa shape index (κ3) is 7.68. The first kappa shape index (κ1) is 38.4. The van der Waals surface area contributed by atoms with Gasteiger partial charge in [0, 0.05) is 43.5 Å². The average Bonchev–Trinajstić information content (AvgIpc) is 3.74. The molecule has 6 heterocycles. The van der Waals surface area contributed by atoms with Gasteiger partial charge in [0.05, 0.1) is 29.9 Å². The predicted molar refractivity (Wildman–Crippen MR) is 215 cm³/mol. The molecular formula is C42H66N6O4Si. The fourth-order valence-corrected chi connectivity index (χ4v) is 10.4. The van der Waals surface area contributed by atoms with Crippen LogP contribution in [0.3, 0.4) is 0 Å². The molecule has 10 nitrogen and oxygen atoms in total. The van der Waals surface area contributed by atoms with Crippen LogP contribution in [-0.2, 0) is 22.1 Å². The minimum absolute atomic E-state index is 0.00126. The highest BCUT2D eigenvalue weighted by Gasteiger charge is 2.51. The van der Waals surface area contributed by atoms with Crippen LogP contribution in [0.25, 0.3) is 0 Å². The van der Waals surface area contributed by atoms with Gasteiger partial charge in [-0.2, -0.15) is 9.97 Å². The Kier molecular flexibility index (Phi) is 10.4. The molecule has 5 aliphatic rings. The normalized spacial score (nSPS) is 26.3. The third-order valence-corrected chi connectivity index (χ3v) is 17.8. The lowest BCUT2D eigenvalue weighted by Gasteiger charge is -2.43. The summed E-state index contributed by atoms with van der Waals surface area (Å²) in [6.45, 7) is 27.7. The highest BCUT2D eigenvalue weighted by molar-refractivity contribution is 6.74. The summed E-state index contributed by atoms with van der Waals surface area (Å²) in [5, 5.41) is 0.201. The van der Waals surface area contributed by atoms with Gasteiger partial charge in [-0.15, -0.1) is 0 Å². The number of benzene rings is 1. The maximum absolute atomic E-state index is 13.3. The van der Waals surface area contributed by atoms with E-state index >= 15 is 0 Å². The highest BCUT2D eigenvalue weighted by atomic mass is 28.4. The Morgan fingerprint density at radius 3 is 2.36 bits per heavy atom. The third-order valence-electron chi connectivity index (χ3n) is 13.3. The van der Waals surface area contributed by atoms with Crippen molar-refractivity contribution in [1.82, 2.24) is 19.8 Å². The number of fused-ring (bicyclic) bond motifs is 4. The molecule has 4 atom stereocenters. The van der Waals surface area contributed by atoms with Crippen LogP contribution in [0.1, 0.15) is 117 Å². The Bertz CT molecular complexity index is 1640. The fourth-order valence-electron chi connectivity index (χ4n) is 9.38. The molecular weight excluding hydrogens is 681 g/mol. The number of piperazine rings is 1.